The Morgan fingerprint density at radius 1 is 1.55 bits per heavy atom. The van der Waals surface area contributed by atoms with Crippen molar-refractivity contribution in [3.8, 4) is 0 Å². The SMILES string of the molecule is CN(C)S(=O)(=S)N(F)C(Cl)Cl. The average molecular weight is 241 g/mol. The predicted molar refractivity (Wildman–Crippen MR) is 47.6 cm³/mol. The van der Waals surface area contributed by atoms with Crippen molar-refractivity contribution in [1.82, 2.24) is 8.83 Å². The molecule has 0 heterocycles. The third-order valence-electron chi connectivity index (χ3n) is 0.835. The molecule has 0 aromatic heterocycles. The highest BCUT2D eigenvalue weighted by Gasteiger charge is 2.25. The Kier molecular flexibility index (Phi) is 4.46. The minimum atomic E-state index is -3.31. The highest BCUT2D eigenvalue weighted by molar-refractivity contribution is 8.30. The molecule has 0 fully saturated rings. The molecule has 0 amide bonds. The van der Waals surface area contributed by atoms with Gasteiger partial charge in [0.1, 0.15) is 0 Å². The molecule has 1 atom stereocenters. The number of rotatable bonds is 3. The molecule has 0 radical (unpaired) electrons. The van der Waals surface area contributed by atoms with Gasteiger partial charge in [0.25, 0.3) is 0 Å². The smallest absolute Gasteiger partial charge is 0.202 e. The summed E-state index contributed by atoms with van der Waals surface area (Å²) in [5.41, 5.74) is 0. The zero-order valence-corrected chi connectivity index (χ0v) is 8.98. The van der Waals surface area contributed by atoms with Crippen molar-refractivity contribution in [2.75, 3.05) is 14.1 Å². The lowest BCUT2D eigenvalue weighted by atomic mass is 11.3. The third-order valence-corrected chi connectivity index (χ3v) is 4.31. The fourth-order valence-corrected chi connectivity index (χ4v) is 1.96. The molecule has 68 valence electrons. The molecule has 0 bridgehead atoms. The van der Waals surface area contributed by atoms with Crippen LogP contribution in [0.3, 0.4) is 0 Å². The van der Waals surface area contributed by atoms with Crippen LogP contribution in [0.5, 0.6) is 0 Å². The van der Waals surface area contributed by atoms with Gasteiger partial charge in [-0.05, 0) is 4.53 Å². The first-order chi connectivity index (χ1) is 4.80. The predicted octanol–water partition coefficient (Wildman–Crippen LogP) is 1.07. The van der Waals surface area contributed by atoms with Gasteiger partial charge in [0.2, 0.25) is 4.96 Å². The van der Waals surface area contributed by atoms with E-state index in [1.807, 2.05) is 0 Å². The minimum Gasteiger partial charge on any atom is -0.222 e. The molecule has 0 aromatic carbocycles. The molecule has 3 nitrogen and oxygen atoms in total. The lowest BCUT2D eigenvalue weighted by molar-refractivity contribution is 0.153. The standard InChI is InChI=1S/C3H7Cl2FN2OS2/c1-7(2)11(9,10)8(6)3(4)5/h3H,1-2H3. The van der Waals surface area contributed by atoms with Crippen LogP contribution < -0.4 is 0 Å². The minimum absolute atomic E-state index is 0.272. The van der Waals surface area contributed by atoms with Crippen LogP contribution in [0.4, 0.5) is 4.48 Å². The summed E-state index contributed by atoms with van der Waals surface area (Å²) in [4.78, 5) is -1.51. The van der Waals surface area contributed by atoms with Crippen molar-refractivity contribution in [3.05, 3.63) is 0 Å². The van der Waals surface area contributed by atoms with Gasteiger partial charge in [0.15, 0.2) is 8.86 Å². The Bertz CT molecular complexity index is 217. The molecule has 0 aromatic rings. The van der Waals surface area contributed by atoms with Gasteiger partial charge in [-0.1, -0.05) is 23.2 Å². The van der Waals surface area contributed by atoms with E-state index in [2.05, 4.69) is 11.2 Å². The molecule has 0 rings (SSSR count). The topological polar surface area (TPSA) is 23.6 Å². The fourth-order valence-electron chi connectivity index (χ4n) is 0.257. The summed E-state index contributed by atoms with van der Waals surface area (Å²) in [6.45, 7) is 0. The summed E-state index contributed by atoms with van der Waals surface area (Å²) in [6, 6.07) is 0. The highest BCUT2D eigenvalue weighted by Crippen LogP contribution is 2.16. The maximum atomic E-state index is 12.7. The molecule has 0 aliphatic heterocycles. The maximum absolute atomic E-state index is 12.7. The first-order valence-electron chi connectivity index (χ1n) is 2.46. The van der Waals surface area contributed by atoms with E-state index < -0.39 is 13.8 Å². The summed E-state index contributed by atoms with van der Waals surface area (Å²) >= 11 is 14.6. The van der Waals surface area contributed by atoms with Crippen LogP contribution in [0.25, 0.3) is 0 Å². The molecule has 8 heteroatoms. The molecule has 0 N–H and O–H groups in total. The average Bonchev–Trinajstić information content (AvgIpc) is 1.85. The lowest BCUT2D eigenvalue weighted by Crippen LogP contribution is -2.35. The van der Waals surface area contributed by atoms with E-state index in [1.54, 1.807) is 0 Å². The molecular weight excluding hydrogens is 234 g/mol. The number of nitrogens with zero attached hydrogens (tertiary/aromatic N) is 2. The van der Waals surface area contributed by atoms with E-state index in [9.17, 15) is 8.69 Å². The van der Waals surface area contributed by atoms with Crippen LogP contribution in [0, 0.1) is 0 Å². The van der Waals surface area contributed by atoms with E-state index in [4.69, 9.17) is 23.2 Å². The first-order valence-corrected chi connectivity index (χ1v) is 5.73. The highest BCUT2D eigenvalue weighted by atomic mass is 35.5. The normalized spacial score (nSPS) is 17.8. The quantitative estimate of drug-likeness (QED) is 0.419. The third kappa shape index (κ3) is 2.96. The lowest BCUT2D eigenvalue weighted by Gasteiger charge is -2.20. The van der Waals surface area contributed by atoms with Gasteiger partial charge in [-0.25, -0.2) is 8.51 Å². The second kappa shape index (κ2) is 4.15. The molecule has 0 aliphatic rings. The second-order valence-corrected chi connectivity index (χ2v) is 6.14. The van der Waals surface area contributed by atoms with Crippen LogP contribution in [-0.4, -0.2) is 32.1 Å². The first kappa shape index (κ1) is 11.8. The number of hydrogen-bond acceptors (Lipinski definition) is 2. The molecule has 11 heavy (non-hydrogen) atoms. The maximum Gasteiger partial charge on any atom is 0.202 e. The van der Waals surface area contributed by atoms with Crippen LogP contribution in [0.2, 0.25) is 0 Å². The zero-order valence-electron chi connectivity index (χ0n) is 5.83. The zero-order chi connectivity index (χ0) is 9.23. The molecule has 0 saturated heterocycles. The van der Waals surface area contributed by atoms with Crippen molar-refractivity contribution in [3.63, 3.8) is 0 Å². The second-order valence-electron chi connectivity index (χ2n) is 1.81. The van der Waals surface area contributed by atoms with Crippen LogP contribution in [0.15, 0.2) is 0 Å². The van der Waals surface area contributed by atoms with Gasteiger partial charge in [-0.2, -0.15) is 0 Å². The van der Waals surface area contributed by atoms with Crippen molar-refractivity contribution >= 4 is 43.3 Å². The molecule has 0 spiro atoms. The van der Waals surface area contributed by atoms with Crippen LogP contribution in [0.1, 0.15) is 0 Å². The summed E-state index contributed by atoms with van der Waals surface area (Å²) in [5.74, 6) is 0. The fraction of sp³-hybridized carbons (Fsp3) is 1.00. The Morgan fingerprint density at radius 3 is 2.00 bits per heavy atom. The van der Waals surface area contributed by atoms with Gasteiger partial charge in [0, 0.05) is 25.3 Å². The van der Waals surface area contributed by atoms with Crippen LogP contribution >= 0.6 is 23.2 Å². The van der Waals surface area contributed by atoms with Crippen molar-refractivity contribution in [1.29, 1.82) is 0 Å². The van der Waals surface area contributed by atoms with Gasteiger partial charge in [0.05, 0.1) is 0 Å². The largest absolute Gasteiger partial charge is 0.222 e. The van der Waals surface area contributed by atoms with Crippen molar-refractivity contribution in [2.45, 2.75) is 4.96 Å². The molecule has 0 aliphatic carbocycles. The van der Waals surface area contributed by atoms with E-state index >= 15 is 0 Å². The monoisotopic (exact) mass is 240 g/mol. The number of halogens is 3. The summed E-state index contributed by atoms with van der Waals surface area (Å²) in [6.07, 6.45) is 0. The Morgan fingerprint density at radius 2 is 1.91 bits per heavy atom. The van der Waals surface area contributed by atoms with E-state index in [0.717, 1.165) is 4.31 Å². The van der Waals surface area contributed by atoms with Gasteiger partial charge in [-0.15, -0.1) is 4.48 Å². The van der Waals surface area contributed by atoms with Gasteiger partial charge < -0.3 is 0 Å². The molecule has 1 unspecified atom stereocenters. The summed E-state index contributed by atoms with van der Waals surface area (Å²) in [5, 5.41) is 0. The van der Waals surface area contributed by atoms with E-state index in [1.165, 1.54) is 14.1 Å². The number of hydrogen-bond donors (Lipinski definition) is 0. The molecule has 0 saturated carbocycles. The van der Waals surface area contributed by atoms with Crippen molar-refractivity contribution < 1.29 is 8.69 Å². The number of alkyl halides is 2. The van der Waals surface area contributed by atoms with E-state index in [0.29, 0.717) is 0 Å². The van der Waals surface area contributed by atoms with E-state index in [-0.39, 0.29) is 4.53 Å². The van der Waals surface area contributed by atoms with Gasteiger partial charge in [-0.3, -0.25) is 0 Å². The van der Waals surface area contributed by atoms with Crippen molar-refractivity contribution in [2.24, 2.45) is 0 Å². The summed E-state index contributed by atoms with van der Waals surface area (Å²) < 4.78 is 24.6. The Hall–Kier alpha value is 0.800. The Balaban J connectivity index is 4.58. The summed E-state index contributed by atoms with van der Waals surface area (Å²) in [7, 11) is -0.561. The van der Waals surface area contributed by atoms with Crippen LogP contribution in [-0.2, 0) is 20.1 Å². The molecular formula is C3H7Cl2FN2OS2. The Labute approximate surface area is 79.9 Å². The van der Waals surface area contributed by atoms with Gasteiger partial charge >= 0.3 is 0 Å².